The molecule has 2 heteroatoms. The van der Waals surface area contributed by atoms with Gasteiger partial charge in [-0.1, -0.05) is 44.8 Å². The molecule has 0 aliphatic heterocycles. The second kappa shape index (κ2) is 11.4. The lowest BCUT2D eigenvalue weighted by molar-refractivity contribution is -0.139. The lowest BCUT2D eigenvalue weighted by atomic mass is 10.1. The van der Waals surface area contributed by atoms with Crippen molar-refractivity contribution in [1.82, 2.24) is 0 Å². The summed E-state index contributed by atoms with van der Waals surface area (Å²) in [5.74, 6) is -0.269. The Kier molecular flexibility index (Phi) is 10.7. The zero-order chi connectivity index (χ0) is 12.9. The van der Waals surface area contributed by atoms with Crippen LogP contribution in [0.15, 0.2) is 24.8 Å². The van der Waals surface area contributed by atoms with Crippen LogP contribution in [-0.2, 0) is 9.53 Å². The monoisotopic (exact) mass is 238 g/mol. The first-order chi connectivity index (χ1) is 8.18. The van der Waals surface area contributed by atoms with Gasteiger partial charge in [-0.25, -0.2) is 4.79 Å². The zero-order valence-corrected chi connectivity index (χ0v) is 11.2. The molecule has 2 nitrogen and oxygen atoms in total. The van der Waals surface area contributed by atoms with Crippen LogP contribution in [0.4, 0.5) is 0 Å². The van der Waals surface area contributed by atoms with Crippen LogP contribution in [0, 0.1) is 0 Å². The maximum atomic E-state index is 11.0. The molecule has 0 amide bonds. The molecule has 0 unspecified atom stereocenters. The minimum Gasteiger partial charge on any atom is -0.462 e. The summed E-state index contributed by atoms with van der Waals surface area (Å²) in [6.07, 6.45) is 11.6. The van der Waals surface area contributed by atoms with Crippen molar-refractivity contribution < 1.29 is 9.53 Å². The van der Waals surface area contributed by atoms with Crippen LogP contribution in [0.5, 0.6) is 0 Å². The average molecular weight is 238 g/mol. The van der Waals surface area contributed by atoms with Crippen molar-refractivity contribution in [3.63, 3.8) is 0 Å². The fraction of sp³-hybridized carbons (Fsp3) is 0.667. The first kappa shape index (κ1) is 16.0. The van der Waals surface area contributed by atoms with Crippen LogP contribution in [0.1, 0.15) is 58.3 Å². The molecule has 0 aliphatic carbocycles. The van der Waals surface area contributed by atoms with Gasteiger partial charge in [-0.2, -0.15) is 0 Å². The van der Waals surface area contributed by atoms with Crippen LogP contribution in [0.25, 0.3) is 0 Å². The third kappa shape index (κ3) is 11.2. The van der Waals surface area contributed by atoms with Crippen molar-refractivity contribution in [3.8, 4) is 0 Å². The number of hydrogen-bond acceptors (Lipinski definition) is 2. The molecule has 0 aromatic carbocycles. The number of unbranched alkanes of at least 4 members (excludes halogenated alkanes) is 7. The predicted octanol–water partition coefficient (Wildman–Crippen LogP) is 4.41. The maximum Gasteiger partial charge on any atom is 0.333 e. The fourth-order valence-electron chi connectivity index (χ4n) is 1.56. The SMILES string of the molecule is C=CCCCCCCCCCOC(=O)C(=C)C. The Morgan fingerprint density at radius 2 is 1.59 bits per heavy atom. The summed E-state index contributed by atoms with van der Waals surface area (Å²) in [6.45, 7) is 9.45. The van der Waals surface area contributed by atoms with Crippen molar-refractivity contribution >= 4 is 5.97 Å². The molecule has 0 rings (SSSR count). The van der Waals surface area contributed by atoms with E-state index in [1.54, 1.807) is 6.92 Å². The van der Waals surface area contributed by atoms with Crippen LogP contribution in [0.3, 0.4) is 0 Å². The third-order valence-electron chi connectivity index (χ3n) is 2.63. The Morgan fingerprint density at radius 1 is 1.06 bits per heavy atom. The highest BCUT2D eigenvalue weighted by atomic mass is 16.5. The van der Waals surface area contributed by atoms with Gasteiger partial charge in [0.25, 0.3) is 0 Å². The van der Waals surface area contributed by atoms with E-state index < -0.39 is 0 Å². The Bertz CT molecular complexity index is 231. The van der Waals surface area contributed by atoms with E-state index in [0.29, 0.717) is 12.2 Å². The van der Waals surface area contributed by atoms with Gasteiger partial charge in [0, 0.05) is 5.57 Å². The van der Waals surface area contributed by atoms with Gasteiger partial charge in [0.2, 0.25) is 0 Å². The molecule has 0 fully saturated rings. The van der Waals surface area contributed by atoms with E-state index in [2.05, 4.69) is 13.2 Å². The molecule has 0 bridgehead atoms. The Labute approximate surface area is 106 Å². The summed E-state index contributed by atoms with van der Waals surface area (Å²) in [5, 5.41) is 0. The van der Waals surface area contributed by atoms with Gasteiger partial charge in [0.1, 0.15) is 0 Å². The summed E-state index contributed by atoms with van der Waals surface area (Å²) in [5.41, 5.74) is 0.479. The minimum atomic E-state index is -0.269. The molecule has 0 aromatic rings. The standard InChI is InChI=1S/C15H26O2/c1-4-5-6-7-8-9-10-11-12-13-17-15(16)14(2)3/h4H,1-2,5-13H2,3H3. The first-order valence-electron chi connectivity index (χ1n) is 6.62. The lowest BCUT2D eigenvalue weighted by Gasteiger charge is -2.04. The number of esters is 1. The molecule has 0 heterocycles. The van der Waals surface area contributed by atoms with E-state index >= 15 is 0 Å². The van der Waals surface area contributed by atoms with Gasteiger partial charge in [-0.3, -0.25) is 0 Å². The van der Waals surface area contributed by atoms with Gasteiger partial charge in [0.05, 0.1) is 6.61 Å². The third-order valence-corrected chi connectivity index (χ3v) is 2.63. The molecule has 0 saturated heterocycles. The maximum absolute atomic E-state index is 11.0. The van der Waals surface area contributed by atoms with E-state index in [1.807, 2.05) is 6.08 Å². The Hall–Kier alpha value is -1.05. The predicted molar refractivity (Wildman–Crippen MR) is 72.9 cm³/mol. The normalized spacial score (nSPS) is 9.94. The fourth-order valence-corrected chi connectivity index (χ4v) is 1.56. The smallest absolute Gasteiger partial charge is 0.333 e. The summed E-state index contributed by atoms with van der Waals surface area (Å²) in [7, 11) is 0. The highest BCUT2D eigenvalue weighted by Crippen LogP contribution is 2.08. The summed E-state index contributed by atoms with van der Waals surface area (Å²) >= 11 is 0. The Balaban J connectivity index is 3.11. The molecule has 98 valence electrons. The van der Waals surface area contributed by atoms with E-state index in [0.717, 1.165) is 19.3 Å². The number of allylic oxidation sites excluding steroid dienone is 1. The molecular weight excluding hydrogens is 212 g/mol. The second-order valence-electron chi connectivity index (χ2n) is 4.47. The van der Waals surface area contributed by atoms with Gasteiger partial charge in [-0.15, -0.1) is 6.58 Å². The van der Waals surface area contributed by atoms with Crippen molar-refractivity contribution in [2.24, 2.45) is 0 Å². The number of rotatable bonds is 11. The summed E-state index contributed by atoms with van der Waals surface area (Å²) in [6, 6.07) is 0. The van der Waals surface area contributed by atoms with Crippen LogP contribution >= 0.6 is 0 Å². The van der Waals surface area contributed by atoms with Crippen molar-refractivity contribution in [1.29, 1.82) is 0 Å². The minimum absolute atomic E-state index is 0.269. The van der Waals surface area contributed by atoms with E-state index in [-0.39, 0.29) is 5.97 Å². The molecule has 17 heavy (non-hydrogen) atoms. The quantitative estimate of drug-likeness (QED) is 0.231. The summed E-state index contributed by atoms with van der Waals surface area (Å²) in [4.78, 5) is 11.0. The second-order valence-corrected chi connectivity index (χ2v) is 4.47. The van der Waals surface area contributed by atoms with Gasteiger partial charge >= 0.3 is 5.97 Å². The summed E-state index contributed by atoms with van der Waals surface area (Å²) < 4.78 is 5.01. The molecule has 0 atom stereocenters. The van der Waals surface area contributed by atoms with Crippen molar-refractivity contribution in [3.05, 3.63) is 24.8 Å². The number of ether oxygens (including phenoxy) is 1. The van der Waals surface area contributed by atoms with E-state index in [1.165, 1.54) is 32.1 Å². The molecule has 0 aliphatic rings. The number of carbonyl (C=O) groups is 1. The van der Waals surface area contributed by atoms with Gasteiger partial charge in [0.15, 0.2) is 0 Å². The topological polar surface area (TPSA) is 26.3 Å². The van der Waals surface area contributed by atoms with E-state index in [4.69, 9.17) is 4.74 Å². The molecule has 0 saturated carbocycles. The highest BCUT2D eigenvalue weighted by molar-refractivity contribution is 5.86. The highest BCUT2D eigenvalue weighted by Gasteiger charge is 2.01. The average Bonchev–Trinajstić information content (AvgIpc) is 2.31. The molecule has 0 aromatic heterocycles. The lowest BCUT2D eigenvalue weighted by Crippen LogP contribution is -2.05. The largest absolute Gasteiger partial charge is 0.462 e. The molecule has 0 radical (unpaired) electrons. The molecule has 0 N–H and O–H groups in total. The van der Waals surface area contributed by atoms with Gasteiger partial charge < -0.3 is 4.74 Å². The first-order valence-corrected chi connectivity index (χ1v) is 6.62. The Morgan fingerprint density at radius 3 is 2.12 bits per heavy atom. The van der Waals surface area contributed by atoms with Crippen LogP contribution in [-0.4, -0.2) is 12.6 Å². The van der Waals surface area contributed by atoms with E-state index in [9.17, 15) is 4.79 Å². The van der Waals surface area contributed by atoms with Crippen molar-refractivity contribution in [2.45, 2.75) is 58.3 Å². The number of carbonyl (C=O) groups excluding carboxylic acids is 1. The van der Waals surface area contributed by atoms with Crippen LogP contribution < -0.4 is 0 Å². The van der Waals surface area contributed by atoms with Crippen LogP contribution in [0.2, 0.25) is 0 Å². The molecule has 0 spiro atoms. The van der Waals surface area contributed by atoms with Crippen molar-refractivity contribution in [2.75, 3.05) is 6.61 Å². The van der Waals surface area contributed by atoms with Gasteiger partial charge in [-0.05, 0) is 26.2 Å². The molecular formula is C15H26O2. The number of hydrogen-bond donors (Lipinski definition) is 0. The zero-order valence-electron chi connectivity index (χ0n) is 11.2.